The van der Waals surface area contributed by atoms with Crippen molar-refractivity contribution in [3.63, 3.8) is 0 Å². The van der Waals surface area contributed by atoms with Crippen LogP contribution in [0, 0.1) is 5.92 Å². The fourth-order valence-corrected chi connectivity index (χ4v) is 3.25. The highest BCUT2D eigenvalue weighted by Gasteiger charge is 2.15. The number of carbonyl (C=O) groups is 1. The van der Waals surface area contributed by atoms with Gasteiger partial charge in [-0.05, 0) is 42.0 Å². The molecule has 0 bridgehead atoms. The fourth-order valence-electron chi connectivity index (χ4n) is 1.97. The summed E-state index contributed by atoms with van der Waals surface area (Å²) in [5.41, 5.74) is 7.88. The number of carbonyl (C=O) groups excluding carboxylic acids is 1. The van der Waals surface area contributed by atoms with E-state index in [2.05, 4.69) is 10.1 Å². The molecule has 0 radical (unpaired) electrons. The predicted octanol–water partition coefficient (Wildman–Crippen LogP) is 2.22. The molecule has 0 saturated carbocycles. The van der Waals surface area contributed by atoms with E-state index in [0.717, 1.165) is 18.2 Å². The van der Waals surface area contributed by atoms with Crippen molar-refractivity contribution < 1.29 is 9.53 Å². The lowest BCUT2D eigenvalue weighted by Gasteiger charge is -2.13. The summed E-state index contributed by atoms with van der Waals surface area (Å²) >= 11 is 2.00. The zero-order chi connectivity index (χ0) is 13.0. The number of nitrogen functional groups attached to an aromatic ring is 1. The molecule has 4 nitrogen and oxygen atoms in total. The van der Waals surface area contributed by atoms with Gasteiger partial charge in [-0.1, -0.05) is 0 Å². The molecule has 3 N–H and O–H groups in total. The first-order valence-electron chi connectivity index (χ1n) is 6.00. The van der Waals surface area contributed by atoms with Crippen molar-refractivity contribution >= 4 is 29.1 Å². The maximum absolute atomic E-state index is 11.3. The summed E-state index contributed by atoms with van der Waals surface area (Å²) in [7, 11) is 1.36. The number of methoxy groups -OCH3 is 1. The molecule has 0 amide bonds. The Bertz CT molecular complexity index is 431. The van der Waals surface area contributed by atoms with Gasteiger partial charge in [0.05, 0.1) is 24.0 Å². The summed E-state index contributed by atoms with van der Waals surface area (Å²) in [5.74, 6) is 2.83. The van der Waals surface area contributed by atoms with Crippen molar-refractivity contribution in [1.82, 2.24) is 0 Å². The largest absolute Gasteiger partial charge is 0.465 e. The molecule has 1 unspecified atom stereocenters. The van der Waals surface area contributed by atoms with E-state index >= 15 is 0 Å². The number of benzene rings is 1. The number of nitrogens with one attached hydrogen (secondary N) is 1. The van der Waals surface area contributed by atoms with Crippen LogP contribution in [-0.2, 0) is 4.74 Å². The van der Waals surface area contributed by atoms with Crippen LogP contribution >= 0.6 is 11.8 Å². The van der Waals surface area contributed by atoms with Gasteiger partial charge in [0, 0.05) is 6.54 Å². The van der Waals surface area contributed by atoms with Crippen LogP contribution in [0.25, 0.3) is 0 Å². The molecule has 1 aliphatic heterocycles. The van der Waals surface area contributed by atoms with Crippen molar-refractivity contribution in [2.75, 3.05) is 36.2 Å². The van der Waals surface area contributed by atoms with Crippen LogP contribution in [0.1, 0.15) is 16.8 Å². The Balaban J connectivity index is 1.98. The van der Waals surface area contributed by atoms with Crippen molar-refractivity contribution in [2.45, 2.75) is 6.42 Å². The first-order chi connectivity index (χ1) is 8.70. The number of hydrogen-bond donors (Lipinski definition) is 2. The molecule has 1 fully saturated rings. The van der Waals surface area contributed by atoms with E-state index < -0.39 is 0 Å². The predicted molar refractivity (Wildman–Crippen MR) is 76.1 cm³/mol. The number of esters is 1. The van der Waals surface area contributed by atoms with E-state index in [4.69, 9.17) is 5.73 Å². The Labute approximate surface area is 111 Å². The lowest BCUT2D eigenvalue weighted by atomic mass is 10.1. The summed E-state index contributed by atoms with van der Waals surface area (Å²) in [5, 5.41) is 3.35. The standard InChI is InChI=1S/C13H18N2O2S/c1-17-13(16)10-2-3-12(11(14)6-10)15-7-9-4-5-18-8-9/h2-3,6,9,15H,4-5,7-8,14H2,1H3. The van der Waals surface area contributed by atoms with Gasteiger partial charge >= 0.3 is 5.97 Å². The molecule has 1 atom stereocenters. The van der Waals surface area contributed by atoms with Gasteiger partial charge in [-0.15, -0.1) is 0 Å². The Kier molecular flexibility index (Phi) is 4.36. The topological polar surface area (TPSA) is 64.3 Å². The number of rotatable bonds is 4. The highest BCUT2D eigenvalue weighted by atomic mass is 32.2. The maximum atomic E-state index is 11.3. The number of ether oxygens (including phenoxy) is 1. The number of nitrogens with two attached hydrogens (primary N) is 1. The quantitative estimate of drug-likeness (QED) is 0.646. The lowest BCUT2D eigenvalue weighted by molar-refractivity contribution is 0.0601. The zero-order valence-electron chi connectivity index (χ0n) is 10.4. The third-order valence-electron chi connectivity index (χ3n) is 3.08. The Hall–Kier alpha value is -1.36. The van der Waals surface area contributed by atoms with Crippen LogP contribution in [0.2, 0.25) is 0 Å². The lowest BCUT2D eigenvalue weighted by Crippen LogP contribution is -2.14. The molecular formula is C13H18N2O2S. The zero-order valence-corrected chi connectivity index (χ0v) is 11.3. The van der Waals surface area contributed by atoms with Gasteiger partial charge < -0.3 is 15.8 Å². The van der Waals surface area contributed by atoms with Gasteiger partial charge in [-0.3, -0.25) is 0 Å². The molecule has 1 aromatic rings. The van der Waals surface area contributed by atoms with Crippen molar-refractivity contribution in [2.24, 2.45) is 5.92 Å². The van der Waals surface area contributed by atoms with Gasteiger partial charge in [0.2, 0.25) is 0 Å². The van der Waals surface area contributed by atoms with E-state index in [1.807, 2.05) is 17.8 Å². The number of anilines is 2. The minimum Gasteiger partial charge on any atom is -0.465 e. The van der Waals surface area contributed by atoms with E-state index in [0.29, 0.717) is 11.3 Å². The van der Waals surface area contributed by atoms with Gasteiger partial charge in [0.1, 0.15) is 0 Å². The van der Waals surface area contributed by atoms with E-state index in [1.165, 1.54) is 25.0 Å². The van der Waals surface area contributed by atoms with Gasteiger partial charge in [-0.2, -0.15) is 11.8 Å². The molecule has 0 spiro atoms. The van der Waals surface area contributed by atoms with Crippen molar-refractivity contribution in [1.29, 1.82) is 0 Å². The average molecular weight is 266 g/mol. The summed E-state index contributed by atoms with van der Waals surface area (Å²) in [6.45, 7) is 0.939. The molecular weight excluding hydrogens is 248 g/mol. The first kappa shape index (κ1) is 13.1. The van der Waals surface area contributed by atoms with Crippen LogP contribution in [-0.4, -0.2) is 31.1 Å². The highest BCUT2D eigenvalue weighted by molar-refractivity contribution is 7.99. The minimum absolute atomic E-state index is 0.361. The maximum Gasteiger partial charge on any atom is 0.337 e. The smallest absolute Gasteiger partial charge is 0.337 e. The van der Waals surface area contributed by atoms with Crippen molar-refractivity contribution in [3.8, 4) is 0 Å². The molecule has 0 aliphatic carbocycles. The fraction of sp³-hybridized carbons (Fsp3) is 0.462. The van der Waals surface area contributed by atoms with E-state index in [-0.39, 0.29) is 5.97 Å². The van der Waals surface area contributed by atoms with E-state index in [9.17, 15) is 4.79 Å². The van der Waals surface area contributed by atoms with Crippen LogP contribution in [0.5, 0.6) is 0 Å². The average Bonchev–Trinajstić information content (AvgIpc) is 2.89. The van der Waals surface area contributed by atoms with Crippen LogP contribution in [0.15, 0.2) is 18.2 Å². The second-order valence-corrected chi connectivity index (χ2v) is 5.55. The van der Waals surface area contributed by atoms with Gasteiger partial charge in [-0.25, -0.2) is 4.79 Å². The normalized spacial score (nSPS) is 18.6. The summed E-state index contributed by atoms with van der Waals surface area (Å²) < 4.78 is 4.65. The molecule has 1 aromatic carbocycles. The molecule has 2 rings (SSSR count). The molecule has 1 saturated heterocycles. The Morgan fingerprint density at radius 1 is 1.61 bits per heavy atom. The van der Waals surface area contributed by atoms with E-state index in [1.54, 1.807) is 12.1 Å². The number of hydrogen-bond acceptors (Lipinski definition) is 5. The third kappa shape index (κ3) is 3.10. The molecule has 5 heteroatoms. The SMILES string of the molecule is COC(=O)c1ccc(NCC2CCSC2)c(N)c1. The second kappa shape index (κ2) is 6.00. The van der Waals surface area contributed by atoms with Crippen LogP contribution < -0.4 is 11.1 Å². The van der Waals surface area contributed by atoms with Crippen molar-refractivity contribution in [3.05, 3.63) is 23.8 Å². The Morgan fingerprint density at radius 2 is 2.44 bits per heavy atom. The van der Waals surface area contributed by atoms with Gasteiger partial charge in [0.15, 0.2) is 0 Å². The van der Waals surface area contributed by atoms with Gasteiger partial charge in [0.25, 0.3) is 0 Å². The monoisotopic (exact) mass is 266 g/mol. The molecule has 1 heterocycles. The molecule has 1 aliphatic rings. The Morgan fingerprint density at radius 3 is 3.06 bits per heavy atom. The second-order valence-electron chi connectivity index (χ2n) is 4.40. The minimum atomic E-state index is -0.361. The molecule has 18 heavy (non-hydrogen) atoms. The molecule has 98 valence electrons. The van der Waals surface area contributed by atoms with Crippen LogP contribution in [0.3, 0.4) is 0 Å². The molecule has 0 aromatic heterocycles. The summed E-state index contributed by atoms with van der Waals surface area (Å²) in [6, 6.07) is 5.22. The summed E-state index contributed by atoms with van der Waals surface area (Å²) in [4.78, 5) is 11.3. The summed E-state index contributed by atoms with van der Waals surface area (Å²) in [6.07, 6.45) is 1.26. The third-order valence-corrected chi connectivity index (χ3v) is 4.31. The van der Waals surface area contributed by atoms with Crippen LogP contribution in [0.4, 0.5) is 11.4 Å². The highest BCUT2D eigenvalue weighted by Crippen LogP contribution is 2.25. The number of thioether (sulfide) groups is 1. The first-order valence-corrected chi connectivity index (χ1v) is 7.15.